The number of hydrogen-bond acceptors (Lipinski definition) is 6. The second-order valence-corrected chi connectivity index (χ2v) is 17.3. The number of aryl methyl sites for hydroxylation is 1. The molecule has 5 fully saturated rings. The molecule has 1 aliphatic heterocycles. The van der Waals surface area contributed by atoms with E-state index in [1.54, 1.807) is 7.11 Å². The third-order valence-electron chi connectivity index (χ3n) is 12.8. The molecule has 51 heavy (non-hydrogen) atoms. The van der Waals surface area contributed by atoms with Crippen LogP contribution in [0.5, 0.6) is 5.75 Å². The quantitative estimate of drug-likeness (QED) is 0.234. The molecule has 2 aromatic heterocycles. The van der Waals surface area contributed by atoms with Crippen LogP contribution in [0.15, 0.2) is 48.9 Å². The average molecular weight is 696 g/mol. The topological polar surface area (TPSA) is 89.8 Å². The van der Waals surface area contributed by atoms with Crippen molar-refractivity contribution >= 4 is 17.8 Å². The van der Waals surface area contributed by atoms with Gasteiger partial charge in [-0.3, -0.25) is 14.4 Å². The number of carbonyl (C=O) groups excluding carboxylic acids is 2. The van der Waals surface area contributed by atoms with Gasteiger partial charge in [-0.2, -0.15) is 5.10 Å². The first-order valence-corrected chi connectivity index (χ1v) is 19.3. The van der Waals surface area contributed by atoms with Gasteiger partial charge in [0.15, 0.2) is 0 Å². The highest BCUT2D eigenvalue weighted by Crippen LogP contribution is 2.58. The molecule has 1 saturated heterocycles. The number of ether oxygens (including phenoxy) is 2. The maximum Gasteiger partial charge on any atom is 0.410 e. The number of aromatic nitrogens is 3. The van der Waals surface area contributed by atoms with E-state index in [1.807, 2.05) is 32.9 Å². The Balaban J connectivity index is 1.10. The molecule has 0 radical (unpaired) electrons. The number of benzene rings is 1. The van der Waals surface area contributed by atoms with Crippen molar-refractivity contribution in [1.29, 1.82) is 0 Å². The molecule has 2 bridgehead atoms. The van der Waals surface area contributed by atoms with Crippen molar-refractivity contribution in [3.8, 4) is 16.9 Å². The van der Waals surface area contributed by atoms with Gasteiger partial charge < -0.3 is 14.4 Å². The SMILES string of the molecule is COc1ccc(C23CCC(CN(C(=O)C4CCC(OC(=O)N5CC[C@@H](C)C5)CC4)c4cc(-c5cnn(C(C)(C)C)c5)ccn4)(CC2)CC3)cc1C. The number of amides is 2. The Bertz CT molecular complexity index is 1710. The second-order valence-electron chi connectivity index (χ2n) is 17.3. The Kier molecular flexibility index (Phi) is 9.70. The van der Waals surface area contributed by atoms with Crippen molar-refractivity contribution < 1.29 is 19.1 Å². The summed E-state index contributed by atoms with van der Waals surface area (Å²) in [4.78, 5) is 36.3. The predicted molar refractivity (Wildman–Crippen MR) is 200 cm³/mol. The average Bonchev–Trinajstić information content (AvgIpc) is 3.82. The fourth-order valence-electron chi connectivity index (χ4n) is 9.30. The number of pyridine rings is 1. The van der Waals surface area contributed by atoms with Crippen LogP contribution in [0.25, 0.3) is 11.1 Å². The molecule has 1 aromatic carbocycles. The molecular formula is C42H57N5O4. The number of nitrogens with zero attached hydrogens (tertiary/aromatic N) is 5. The molecule has 4 saturated carbocycles. The van der Waals surface area contributed by atoms with Crippen molar-refractivity contribution in [3.63, 3.8) is 0 Å². The first kappa shape index (κ1) is 35.5. The molecule has 4 aliphatic carbocycles. The number of anilines is 1. The molecule has 3 aromatic rings. The molecule has 3 heterocycles. The molecule has 0 N–H and O–H groups in total. The van der Waals surface area contributed by atoms with Gasteiger partial charge in [0.2, 0.25) is 5.91 Å². The van der Waals surface area contributed by atoms with Crippen molar-refractivity contribution in [2.45, 2.75) is 122 Å². The zero-order valence-corrected chi connectivity index (χ0v) is 31.6. The largest absolute Gasteiger partial charge is 0.496 e. The fraction of sp³-hybridized carbons (Fsp3) is 0.619. The highest BCUT2D eigenvalue weighted by Gasteiger charge is 2.51. The van der Waals surface area contributed by atoms with E-state index in [4.69, 9.17) is 14.5 Å². The number of fused-ring (bicyclic) bond motifs is 3. The van der Waals surface area contributed by atoms with E-state index in [0.717, 1.165) is 80.7 Å². The van der Waals surface area contributed by atoms with Gasteiger partial charge in [0.25, 0.3) is 0 Å². The van der Waals surface area contributed by atoms with E-state index in [2.05, 4.69) is 70.2 Å². The lowest BCUT2D eigenvalue weighted by Crippen LogP contribution is -2.52. The van der Waals surface area contributed by atoms with Crippen LogP contribution >= 0.6 is 0 Å². The minimum absolute atomic E-state index is 0.0628. The first-order valence-electron chi connectivity index (χ1n) is 19.3. The Hall–Kier alpha value is -3.88. The minimum atomic E-state index is -0.193. The Labute approximate surface area is 304 Å². The van der Waals surface area contributed by atoms with Gasteiger partial charge in [-0.25, -0.2) is 9.78 Å². The normalized spacial score (nSPS) is 27.7. The zero-order valence-electron chi connectivity index (χ0n) is 31.6. The summed E-state index contributed by atoms with van der Waals surface area (Å²) in [7, 11) is 1.74. The van der Waals surface area contributed by atoms with Gasteiger partial charge in [0, 0.05) is 43.5 Å². The van der Waals surface area contributed by atoms with Gasteiger partial charge in [-0.15, -0.1) is 0 Å². The predicted octanol–water partition coefficient (Wildman–Crippen LogP) is 8.68. The molecule has 274 valence electrons. The van der Waals surface area contributed by atoms with Crippen LogP contribution in [-0.2, 0) is 20.5 Å². The standard InChI is InChI=1S/C42H57N5O4/c1-29-14-22-45(26-29)39(49)51-35-10-7-31(8-11-35)38(48)46(37-24-32(13-21-43-37)33-25-44-47(27-33)40(3,4)5)28-41-15-18-42(19-16-41,20-17-41)34-9-12-36(50-6)30(2)23-34/h9,12-13,21,23-25,27,29,31,35H,7-8,10-11,14-20,22,26,28H2,1-6H3/t29-,31?,35?,41?,42?/m1/s1. The van der Waals surface area contributed by atoms with Gasteiger partial charge in [-0.1, -0.05) is 19.1 Å². The summed E-state index contributed by atoms with van der Waals surface area (Å²) >= 11 is 0. The van der Waals surface area contributed by atoms with Crippen LogP contribution in [0.3, 0.4) is 0 Å². The molecule has 9 nitrogen and oxygen atoms in total. The van der Waals surface area contributed by atoms with Crippen LogP contribution in [0.1, 0.15) is 109 Å². The highest BCUT2D eigenvalue weighted by atomic mass is 16.6. The lowest BCUT2D eigenvalue weighted by Gasteiger charge is -2.55. The molecule has 1 atom stereocenters. The smallest absolute Gasteiger partial charge is 0.410 e. The van der Waals surface area contributed by atoms with E-state index in [-0.39, 0.29) is 40.4 Å². The van der Waals surface area contributed by atoms with Crippen LogP contribution in [0.4, 0.5) is 10.6 Å². The number of rotatable bonds is 8. The molecule has 2 amide bonds. The van der Waals surface area contributed by atoms with E-state index in [1.165, 1.54) is 11.1 Å². The number of carbonyl (C=O) groups is 2. The summed E-state index contributed by atoms with van der Waals surface area (Å²) in [5.74, 6) is 2.23. The van der Waals surface area contributed by atoms with Crippen LogP contribution in [-0.4, -0.2) is 64.5 Å². The molecule has 0 spiro atoms. The van der Waals surface area contributed by atoms with Crippen molar-refractivity contribution in [2.75, 3.05) is 31.6 Å². The molecule has 9 heteroatoms. The first-order chi connectivity index (χ1) is 24.4. The Morgan fingerprint density at radius 1 is 0.961 bits per heavy atom. The van der Waals surface area contributed by atoms with Crippen LogP contribution in [0, 0.1) is 24.2 Å². The summed E-state index contributed by atoms with van der Waals surface area (Å²) in [6.45, 7) is 13.0. The summed E-state index contributed by atoms with van der Waals surface area (Å²) < 4.78 is 13.5. The summed E-state index contributed by atoms with van der Waals surface area (Å²) in [6, 6.07) is 10.8. The highest BCUT2D eigenvalue weighted by molar-refractivity contribution is 5.95. The fourth-order valence-corrected chi connectivity index (χ4v) is 9.30. The number of hydrogen-bond donors (Lipinski definition) is 0. The van der Waals surface area contributed by atoms with Crippen LogP contribution < -0.4 is 9.64 Å². The Morgan fingerprint density at radius 2 is 1.69 bits per heavy atom. The van der Waals surface area contributed by atoms with E-state index >= 15 is 0 Å². The second kappa shape index (κ2) is 13.9. The maximum atomic E-state index is 14.7. The van der Waals surface area contributed by atoms with E-state index in [0.29, 0.717) is 38.1 Å². The van der Waals surface area contributed by atoms with E-state index < -0.39 is 0 Å². The molecule has 8 rings (SSSR count). The third kappa shape index (κ3) is 7.27. The Morgan fingerprint density at radius 3 is 2.29 bits per heavy atom. The van der Waals surface area contributed by atoms with Crippen molar-refractivity contribution in [2.24, 2.45) is 17.3 Å². The third-order valence-corrected chi connectivity index (χ3v) is 12.8. The van der Waals surface area contributed by atoms with E-state index in [9.17, 15) is 9.59 Å². The zero-order chi connectivity index (χ0) is 36.0. The summed E-state index contributed by atoms with van der Waals surface area (Å²) in [5.41, 5.74) is 4.79. The lowest BCUT2D eigenvalue weighted by atomic mass is 9.51. The molecule has 5 aliphatic rings. The summed E-state index contributed by atoms with van der Waals surface area (Å²) in [5, 5.41) is 4.64. The lowest BCUT2D eigenvalue weighted by molar-refractivity contribution is -0.124. The van der Waals surface area contributed by atoms with Crippen molar-refractivity contribution in [1.82, 2.24) is 19.7 Å². The number of methoxy groups -OCH3 is 1. The summed E-state index contributed by atoms with van der Waals surface area (Å²) in [6.07, 6.45) is 16.1. The van der Waals surface area contributed by atoms with Gasteiger partial charge >= 0.3 is 6.09 Å². The number of likely N-dealkylation sites (tertiary alicyclic amines) is 1. The van der Waals surface area contributed by atoms with Gasteiger partial charge in [0.1, 0.15) is 17.7 Å². The van der Waals surface area contributed by atoms with Gasteiger partial charge in [-0.05, 0) is 150 Å². The van der Waals surface area contributed by atoms with Gasteiger partial charge in [0.05, 0.1) is 18.8 Å². The van der Waals surface area contributed by atoms with Crippen molar-refractivity contribution in [3.05, 3.63) is 60.0 Å². The molecular weight excluding hydrogens is 638 g/mol. The monoisotopic (exact) mass is 695 g/mol. The van der Waals surface area contributed by atoms with Crippen LogP contribution in [0.2, 0.25) is 0 Å². The molecule has 0 unspecified atom stereocenters. The minimum Gasteiger partial charge on any atom is -0.496 e. The maximum absolute atomic E-state index is 14.7.